The summed E-state index contributed by atoms with van der Waals surface area (Å²) in [4.78, 5) is 38.0. The molecule has 0 unspecified atom stereocenters. The number of benzene rings is 1. The Hall–Kier alpha value is -2.58. The van der Waals surface area contributed by atoms with Crippen LogP contribution in [0.2, 0.25) is 0 Å². The number of nitrogens with zero attached hydrogens (tertiary/aromatic N) is 1. The lowest BCUT2D eigenvalue weighted by Crippen LogP contribution is -2.26. The van der Waals surface area contributed by atoms with E-state index >= 15 is 0 Å². The summed E-state index contributed by atoms with van der Waals surface area (Å²) in [6.07, 6.45) is 2.27. The Bertz CT molecular complexity index is 1040. The Labute approximate surface area is 185 Å². The van der Waals surface area contributed by atoms with Gasteiger partial charge >= 0.3 is 5.97 Å². The van der Waals surface area contributed by atoms with Crippen LogP contribution < -0.4 is 5.32 Å². The summed E-state index contributed by atoms with van der Waals surface area (Å²) in [5.41, 5.74) is 3.29. The third-order valence-electron chi connectivity index (χ3n) is 5.76. The van der Waals surface area contributed by atoms with E-state index in [-0.39, 0.29) is 29.7 Å². The van der Waals surface area contributed by atoms with Gasteiger partial charge in [0.15, 0.2) is 6.61 Å². The van der Waals surface area contributed by atoms with E-state index in [4.69, 9.17) is 9.47 Å². The third-order valence-corrected chi connectivity index (χ3v) is 6.94. The number of rotatable bonds is 6. The van der Waals surface area contributed by atoms with Crippen LogP contribution in [0.4, 0.5) is 5.69 Å². The molecule has 8 heteroatoms. The molecule has 1 fully saturated rings. The molecule has 1 amide bonds. The first-order valence-corrected chi connectivity index (χ1v) is 11.3. The first-order valence-electron chi connectivity index (χ1n) is 10.4. The number of carbonyl (C=O) groups is 3. The number of anilines is 1. The van der Waals surface area contributed by atoms with Gasteiger partial charge in [-0.25, -0.2) is 4.79 Å². The molecule has 2 aliphatic heterocycles. The molecular formula is C23H26N2O5S. The molecule has 3 heterocycles. The number of carbonyl (C=O) groups excluding carboxylic acids is 3. The van der Waals surface area contributed by atoms with Gasteiger partial charge in [0.25, 0.3) is 0 Å². The smallest absolute Gasteiger partial charge is 0.338 e. The molecule has 0 aliphatic carbocycles. The van der Waals surface area contributed by atoms with Gasteiger partial charge in [-0.2, -0.15) is 0 Å². The highest BCUT2D eigenvalue weighted by Gasteiger charge is 2.25. The average Bonchev–Trinajstić information content (AvgIpc) is 3.36. The first kappa shape index (κ1) is 21.6. The number of ketones is 1. The van der Waals surface area contributed by atoms with Crippen molar-refractivity contribution in [2.75, 3.05) is 18.5 Å². The Morgan fingerprint density at radius 2 is 2.10 bits per heavy atom. The summed E-state index contributed by atoms with van der Waals surface area (Å²) >= 11 is 1.44. The summed E-state index contributed by atoms with van der Waals surface area (Å²) < 4.78 is 13.1. The van der Waals surface area contributed by atoms with Gasteiger partial charge in [0.05, 0.1) is 22.6 Å². The fraction of sp³-hybridized carbons (Fsp3) is 0.435. The number of fused-ring (bicyclic) bond motifs is 1. The Kier molecular flexibility index (Phi) is 6.20. The highest BCUT2D eigenvalue weighted by molar-refractivity contribution is 8.00. The van der Waals surface area contributed by atoms with Crippen LogP contribution >= 0.6 is 11.8 Å². The van der Waals surface area contributed by atoms with Crippen molar-refractivity contribution in [3.05, 3.63) is 46.8 Å². The van der Waals surface area contributed by atoms with E-state index in [0.717, 1.165) is 42.3 Å². The van der Waals surface area contributed by atoms with Gasteiger partial charge in [0.2, 0.25) is 11.7 Å². The van der Waals surface area contributed by atoms with Crippen molar-refractivity contribution in [1.82, 2.24) is 4.57 Å². The van der Waals surface area contributed by atoms with Crippen LogP contribution in [0, 0.1) is 13.8 Å². The number of thioether (sulfide) groups is 1. The van der Waals surface area contributed by atoms with Crippen LogP contribution in [-0.4, -0.2) is 46.8 Å². The largest absolute Gasteiger partial charge is 0.454 e. The molecule has 1 N–H and O–H groups in total. The highest BCUT2D eigenvalue weighted by Crippen LogP contribution is 2.36. The second kappa shape index (κ2) is 8.88. The maximum atomic E-state index is 12.7. The lowest BCUT2D eigenvalue weighted by molar-refractivity contribution is -0.115. The molecule has 0 saturated carbocycles. The fourth-order valence-electron chi connectivity index (χ4n) is 3.98. The van der Waals surface area contributed by atoms with Gasteiger partial charge in [0, 0.05) is 35.0 Å². The van der Waals surface area contributed by atoms with Gasteiger partial charge in [0.1, 0.15) is 0 Å². The van der Waals surface area contributed by atoms with Gasteiger partial charge in [-0.05, 0) is 57.9 Å². The summed E-state index contributed by atoms with van der Waals surface area (Å²) in [6.45, 7) is 6.87. The number of aromatic nitrogens is 1. The molecule has 0 bridgehead atoms. The van der Waals surface area contributed by atoms with E-state index in [0.29, 0.717) is 16.8 Å². The molecule has 0 spiro atoms. The molecule has 2 aliphatic rings. The zero-order valence-corrected chi connectivity index (χ0v) is 18.7. The van der Waals surface area contributed by atoms with Crippen LogP contribution in [-0.2, 0) is 20.8 Å². The number of amides is 1. The molecule has 4 rings (SSSR count). The average molecular weight is 443 g/mol. The molecule has 2 aromatic rings. The van der Waals surface area contributed by atoms with Crippen LogP contribution in [0.25, 0.3) is 0 Å². The minimum Gasteiger partial charge on any atom is -0.454 e. The maximum absolute atomic E-state index is 12.7. The van der Waals surface area contributed by atoms with E-state index in [2.05, 4.69) is 9.88 Å². The summed E-state index contributed by atoms with van der Waals surface area (Å²) in [5, 5.41) is 2.62. The van der Waals surface area contributed by atoms with Crippen molar-refractivity contribution >= 4 is 35.1 Å². The predicted octanol–water partition coefficient (Wildman–Crippen LogP) is 3.76. The number of Topliss-reactive ketones (excluding diaryl/α,β-unsaturated/α-hetero) is 1. The van der Waals surface area contributed by atoms with Crippen LogP contribution in [0.5, 0.6) is 0 Å². The van der Waals surface area contributed by atoms with Crippen molar-refractivity contribution in [2.24, 2.45) is 0 Å². The molecular weight excluding hydrogens is 416 g/mol. The van der Waals surface area contributed by atoms with E-state index in [9.17, 15) is 14.4 Å². The standard InChI is InChI=1S/C23H26N2O5S/c1-13-9-18(14(2)25(13)11-17-5-4-8-29-17)20(26)12-30-23(28)16-6-7-21-19(10-16)24-22(27)15(3)31-21/h6-7,9-10,15,17H,4-5,8,11-12H2,1-3H3,(H,24,27)/t15-,17-/m1/s1. The molecule has 31 heavy (non-hydrogen) atoms. The number of hydrogen-bond acceptors (Lipinski definition) is 6. The van der Waals surface area contributed by atoms with Crippen molar-refractivity contribution in [3.63, 3.8) is 0 Å². The van der Waals surface area contributed by atoms with E-state index in [1.54, 1.807) is 18.2 Å². The quantitative estimate of drug-likeness (QED) is 0.542. The lowest BCUT2D eigenvalue weighted by atomic mass is 10.1. The molecule has 164 valence electrons. The first-order chi connectivity index (χ1) is 14.8. The van der Waals surface area contributed by atoms with Crippen LogP contribution in [0.1, 0.15) is 51.9 Å². The van der Waals surface area contributed by atoms with Crippen molar-refractivity contribution < 1.29 is 23.9 Å². The van der Waals surface area contributed by atoms with Crippen molar-refractivity contribution in [1.29, 1.82) is 0 Å². The van der Waals surface area contributed by atoms with Crippen LogP contribution in [0.3, 0.4) is 0 Å². The van der Waals surface area contributed by atoms with Crippen LogP contribution in [0.15, 0.2) is 29.2 Å². The predicted molar refractivity (Wildman–Crippen MR) is 118 cm³/mol. The SMILES string of the molecule is Cc1cc(C(=O)COC(=O)c2ccc3c(c2)NC(=O)[C@@H](C)S3)c(C)n1C[C@H]1CCCO1. The number of ether oxygens (including phenoxy) is 2. The molecule has 2 atom stereocenters. The monoisotopic (exact) mass is 442 g/mol. The minimum absolute atomic E-state index is 0.100. The number of esters is 1. The van der Waals surface area contributed by atoms with Gasteiger partial charge in [-0.3, -0.25) is 9.59 Å². The zero-order chi connectivity index (χ0) is 22.1. The number of aryl methyl sites for hydroxylation is 1. The van der Waals surface area contributed by atoms with Gasteiger partial charge in [-0.15, -0.1) is 11.8 Å². The minimum atomic E-state index is -0.595. The summed E-state index contributed by atoms with van der Waals surface area (Å²) in [5.74, 6) is -0.936. The van der Waals surface area contributed by atoms with Crippen molar-refractivity contribution in [3.8, 4) is 0 Å². The van der Waals surface area contributed by atoms with E-state index in [1.165, 1.54) is 11.8 Å². The maximum Gasteiger partial charge on any atom is 0.338 e. The van der Waals surface area contributed by atoms with Gasteiger partial charge in [-0.1, -0.05) is 0 Å². The Morgan fingerprint density at radius 3 is 2.84 bits per heavy atom. The van der Waals surface area contributed by atoms with E-state index < -0.39 is 5.97 Å². The normalized spacial score (nSPS) is 20.3. The van der Waals surface area contributed by atoms with E-state index in [1.807, 2.05) is 26.8 Å². The number of nitrogens with one attached hydrogen (secondary N) is 1. The topological polar surface area (TPSA) is 86.6 Å². The second-order valence-corrected chi connectivity index (χ2v) is 9.37. The van der Waals surface area contributed by atoms with Gasteiger partial charge < -0.3 is 19.4 Å². The molecule has 1 aromatic heterocycles. The summed E-state index contributed by atoms with van der Waals surface area (Å²) in [7, 11) is 0. The second-order valence-electron chi connectivity index (χ2n) is 7.99. The molecule has 1 saturated heterocycles. The zero-order valence-electron chi connectivity index (χ0n) is 17.9. The Balaban J connectivity index is 1.40. The third kappa shape index (κ3) is 4.55. The fourth-order valence-corrected chi connectivity index (χ4v) is 4.91. The lowest BCUT2D eigenvalue weighted by Gasteiger charge is -2.21. The van der Waals surface area contributed by atoms with Crippen molar-refractivity contribution in [2.45, 2.75) is 56.4 Å². The number of hydrogen-bond donors (Lipinski definition) is 1. The highest BCUT2D eigenvalue weighted by atomic mass is 32.2. The Morgan fingerprint density at radius 1 is 1.29 bits per heavy atom. The molecule has 1 aromatic carbocycles. The molecule has 0 radical (unpaired) electrons. The summed E-state index contributed by atoms with van der Waals surface area (Å²) in [6, 6.07) is 6.86. The molecule has 7 nitrogen and oxygen atoms in total.